The van der Waals surface area contributed by atoms with E-state index >= 15 is 0 Å². The fraction of sp³-hybridized carbons (Fsp3) is 0.167. The quantitative estimate of drug-likeness (QED) is 0.429. The minimum absolute atomic E-state index is 0.127. The predicted molar refractivity (Wildman–Crippen MR) is 119 cm³/mol. The van der Waals surface area contributed by atoms with Crippen LogP contribution in [0.3, 0.4) is 0 Å². The molecule has 1 aromatic heterocycles. The van der Waals surface area contributed by atoms with Crippen LogP contribution in [0, 0.1) is 0 Å². The van der Waals surface area contributed by atoms with Gasteiger partial charge in [0.05, 0.1) is 16.8 Å². The van der Waals surface area contributed by atoms with Gasteiger partial charge in [-0.25, -0.2) is 4.98 Å². The summed E-state index contributed by atoms with van der Waals surface area (Å²) in [5.41, 5.74) is 3.84. The molecule has 0 unspecified atom stereocenters. The van der Waals surface area contributed by atoms with Crippen molar-refractivity contribution in [1.29, 1.82) is 0 Å². The number of aryl methyl sites for hydroxylation is 2. The summed E-state index contributed by atoms with van der Waals surface area (Å²) in [6, 6.07) is 23.9. The largest absolute Gasteiger partial charge is 0.494 e. The molecule has 4 rings (SSSR count). The second-order valence-electron chi connectivity index (χ2n) is 6.68. The maximum atomic E-state index is 12.9. The fourth-order valence-electron chi connectivity index (χ4n) is 3.26. The summed E-state index contributed by atoms with van der Waals surface area (Å²) in [4.78, 5) is 17.5. The highest BCUT2D eigenvalue weighted by Gasteiger charge is 2.14. The molecule has 29 heavy (non-hydrogen) atoms. The third-order valence-corrected chi connectivity index (χ3v) is 5.61. The number of thiazole rings is 1. The number of carbonyl (C=O) groups excluding carboxylic acids is 1. The zero-order valence-electron chi connectivity index (χ0n) is 16.2. The SMILES string of the molecule is CCOc1ccc2nc(NC(=O)c3ccccc3CCc3ccccc3)sc2c1. The molecular formula is C24H22N2O2S. The smallest absolute Gasteiger partial charge is 0.257 e. The summed E-state index contributed by atoms with van der Waals surface area (Å²) in [6.07, 6.45) is 1.71. The third kappa shape index (κ3) is 4.63. The number of rotatable bonds is 7. The topological polar surface area (TPSA) is 51.2 Å². The molecular weight excluding hydrogens is 380 g/mol. The predicted octanol–water partition coefficient (Wildman–Crippen LogP) is 5.73. The van der Waals surface area contributed by atoms with Crippen molar-refractivity contribution in [3.63, 3.8) is 0 Å². The van der Waals surface area contributed by atoms with Crippen molar-refractivity contribution < 1.29 is 9.53 Å². The van der Waals surface area contributed by atoms with Crippen LogP contribution in [0.25, 0.3) is 10.2 Å². The Balaban J connectivity index is 1.50. The van der Waals surface area contributed by atoms with E-state index in [4.69, 9.17) is 4.74 Å². The first kappa shape index (κ1) is 19.2. The number of anilines is 1. The number of nitrogens with zero attached hydrogens (tertiary/aromatic N) is 1. The first-order valence-electron chi connectivity index (χ1n) is 9.69. The molecule has 0 bridgehead atoms. The number of ether oxygens (including phenoxy) is 1. The van der Waals surface area contributed by atoms with Gasteiger partial charge in [-0.2, -0.15) is 0 Å². The number of carbonyl (C=O) groups is 1. The van der Waals surface area contributed by atoms with Crippen molar-refractivity contribution in [2.24, 2.45) is 0 Å². The van der Waals surface area contributed by atoms with Crippen LogP contribution in [-0.2, 0) is 12.8 Å². The second kappa shape index (κ2) is 8.88. The van der Waals surface area contributed by atoms with Crippen LogP contribution in [-0.4, -0.2) is 17.5 Å². The lowest BCUT2D eigenvalue weighted by Gasteiger charge is -2.09. The molecule has 0 aliphatic heterocycles. The second-order valence-corrected chi connectivity index (χ2v) is 7.71. The van der Waals surface area contributed by atoms with E-state index in [1.54, 1.807) is 0 Å². The van der Waals surface area contributed by atoms with Crippen LogP contribution in [0.1, 0.15) is 28.4 Å². The summed E-state index contributed by atoms with van der Waals surface area (Å²) in [7, 11) is 0. The summed E-state index contributed by atoms with van der Waals surface area (Å²) in [5, 5.41) is 3.56. The fourth-order valence-corrected chi connectivity index (χ4v) is 4.15. The zero-order valence-corrected chi connectivity index (χ0v) is 17.0. The lowest BCUT2D eigenvalue weighted by atomic mass is 9.99. The van der Waals surface area contributed by atoms with Gasteiger partial charge in [0.15, 0.2) is 5.13 Å². The zero-order chi connectivity index (χ0) is 20.1. The van der Waals surface area contributed by atoms with Crippen LogP contribution >= 0.6 is 11.3 Å². The molecule has 0 aliphatic rings. The van der Waals surface area contributed by atoms with Gasteiger partial charge < -0.3 is 4.74 Å². The number of hydrogen-bond acceptors (Lipinski definition) is 4. The van der Waals surface area contributed by atoms with Crippen molar-refractivity contribution in [3.05, 3.63) is 89.5 Å². The van der Waals surface area contributed by atoms with E-state index in [1.807, 2.05) is 67.6 Å². The average molecular weight is 403 g/mol. The number of hydrogen-bond donors (Lipinski definition) is 1. The molecule has 3 aromatic carbocycles. The van der Waals surface area contributed by atoms with Gasteiger partial charge in [0.1, 0.15) is 5.75 Å². The van der Waals surface area contributed by atoms with E-state index in [-0.39, 0.29) is 5.91 Å². The van der Waals surface area contributed by atoms with Crippen molar-refractivity contribution in [2.45, 2.75) is 19.8 Å². The lowest BCUT2D eigenvalue weighted by Crippen LogP contribution is -2.14. The van der Waals surface area contributed by atoms with Gasteiger partial charge in [0, 0.05) is 5.56 Å². The van der Waals surface area contributed by atoms with Gasteiger partial charge in [-0.1, -0.05) is 59.9 Å². The standard InChI is InChI=1S/C24H22N2O2S/c1-2-28-19-14-15-21-22(16-19)29-24(25-21)26-23(27)20-11-7-6-10-18(20)13-12-17-8-4-3-5-9-17/h3-11,14-16H,2,12-13H2,1H3,(H,25,26,27). The van der Waals surface area contributed by atoms with E-state index < -0.39 is 0 Å². The summed E-state index contributed by atoms with van der Waals surface area (Å²) >= 11 is 1.45. The number of amides is 1. The third-order valence-electron chi connectivity index (χ3n) is 4.68. The monoisotopic (exact) mass is 402 g/mol. The number of benzene rings is 3. The Bertz CT molecular complexity index is 1120. The van der Waals surface area contributed by atoms with Crippen LogP contribution in [0.2, 0.25) is 0 Å². The maximum absolute atomic E-state index is 12.9. The van der Waals surface area contributed by atoms with Gasteiger partial charge in [-0.3, -0.25) is 10.1 Å². The van der Waals surface area contributed by atoms with E-state index in [0.717, 1.165) is 34.4 Å². The van der Waals surface area contributed by atoms with Crippen molar-refractivity contribution in [2.75, 3.05) is 11.9 Å². The molecule has 0 saturated carbocycles. The Labute approximate surface area is 174 Å². The van der Waals surface area contributed by atoms with Crippen LogP contribution in [0.15, 0.2) is 72.8 Å². The van der Waals surface area contributed by atoms with E-state index in [0.29, 0.717) is 17.3 Å². The Hall–Kier alpha value is -3.18. The molecule has 0 aliphatic carbocycles. The minimum Gasteiger partial charge on any atom is -0.494 e. The summed E-state index contributed by atoms with van der Waals surface area (Å²) in [5.74, 6) is 0.686. The van der Waals surface area contributed by atoms with Gasteiger partial charge in [0.2, 0.25) is 0 Å². The normalized spacial score (nSPS) is 10.8. The van der Waals surface area contributed by atoms with Crippen LogP contribution in [0.5, 0.6) is 5.75 Å². The van der Waals surface area contributed by atoms with Gasteiger partial charge in [0.25, 0.3) is 5.91 Å². The van der Waals surface area contributed by atoms with Crippen molar-refractivity contribution >= 4 is 32.6 Å². The molecule has 4 aromatic rings. The maximum Gasteiger partial charge on any atom is 0.257 e. The van der Waals surface area contributed by atoms with E-state index in [2.05, 4.69) is 22.4 Å². The number of fused-ring (bicyclic) bond motifs is 1. The molecule has 0 fully saturated rings. The van der Waals surface area contributed by atoms with Gasteiger partial charge in [-0.15, -0.1) is 0 Å². The highest BCUT2D eigenvalue weighted by atomic mass is 32.1. The highest BCUT2D eigenvalue weighted by molar-refractivity contribution is 7.22. The molecule has 0 spiro atoms. The summed E-state index contributed by atoms with van der Waals surface area (Å²) < 4.78 is 6.53. The Morgan fingerprint density at radius 1 is 1.00 bits per heavy atom. The van der Waals surface area contributed by atoms with Crippen LogP contribution < -0.4 is 10.1 Å². The number of nitrogens with one attached hydrogen (secondary N) is 1. The first-order chi connectivity index (χ1) is 14.2. The average Bonchev–Trinajstić information content (AvgIpc) is 3.15. The van der Waals surface area contributed by atoms with E-state index in [1.165, 1.54) is 16.9 Å². The molecule has 1 N–H and O–H groups in total. The van der Waals surface area contributed by atoms with Gasteiger partial charge >= 0.3 is 0 Å². The molecule has 0 saturated heterocycles. The molecule has 4 nitrogen and oxygen atoms in total. The van der Waals surface area contributed by atoms with Crippen molar-refractivity contribution in [3.8, 4) is 5.75 Å². The van der Waals surface area contributed by atoms with Crippen molar-refractivity contribution in [1.82, 2.24) is 4.98 Å². The Kier molecular flexibility index (Phi) is 5.86. The molecule has 0 radical (unpaired) electrons. The molecule has 1 amide bonds. The first-order valence-corrected chi connectivity index (χ1v) is 10.5. The van der Waals surface area contributed by atoms with Crippen LogP contribution in [0.4, 0.5) is 5.13 Å². The minimum atomic E-state index is -0.127. The summed E-state index contributed by atoms with van der Waals surface area (Å²) in [6.45, 7) is 2.57. The Morgan fingerprint density at radius 3 is 2.62 bits per heavy atom. The Morgan fingerprint density at radius 2 is 1.79 bits per heavy atom. The molecule has 0 atom stereocenters. The highest BCUT2D eigenvalue weighted by Crippen LogP contribution is 2.29. The number of aromatic nitrogens is 1. The molecule has 146 valence electrons. The van der Waals surface area contributed by atoms with E-state index in [9.17, 15) is 4.79 Å². The molecule has 1 heterocycles. The molecule has 5 heteroatoms. The lowest BCUT2D eigenvalue weighted by molar-refractivity contribution is 0.102. The van der Waals surface area contributed by atoms with Gasteiger partial charge in [-0.05, 0) is 55.2 Å².